The van der Waals surface area contributed by atoms with Crippen LogP contribution >= 0.6 is 0 Å². The van der Waals surface area contributed by atoms with Gasteiger partial charge >= 0.3 is 0 Å². The van der Waals surface area contributed by atoms with E-state index in [-0.39, 0.29) is 0 Å². The van der Waals surface area contributed by atoms with E-state index in [9.17, 15) is 0 Å². The van der Waals surface area contributed by atoms with Crippen molar-refractivity contribution in [3.63, 3.8) is 0 Å². The molecule has 0 amide bonds. The molecule has 3 rings (SSSR count). The summed E-state index contributed by atoms with van der Waals surface area (Å²) in [5.74, 6) is 1.03. The van der Waals surface area contributed by atoms with Crippen LogP contribution in [0, 0.1) is 11.3 Å². The van der Waals surface area contributed by atoms with E-state index in [1.54, 1.807) is 0 Å². The third kappa shape index (κ3) is 4.21. The molecule has 2 atom stereocenters. The van der Waals surface area contributed by atoms with Crippen molar-refractivity contribution in [2.45, 2.75) is 83.7 Å². The van der Waals surface area contributed by atoms with Gasteiger partial charge in [-0.25, -0.2) is 0 Å². The van der Waals surface area contributed by atoms with Gasteiger partial charge in [0.15, 0.2) is 0 Å². The van der Waals surface area contributed by atoms with Crippen molar-refractivity contribution in [3.8, 4) is 0 Å². The summed E-state index contributed by atoms with van der Waals surface area (Å²) < 4.78 is 0. The van der Waals surface area contributed by atoms with Crippen molar-refractivity contribution < 1.29 is 0 Å². The summed E-state index contributed by atoms with van der Waals surface area (Å²) in [7, 11) is 0. The molecule has 0 bridgehead atoms. The lowest BCUT2D eigenvalue weighted by molar-refractivity contribution is 0.154. The Morgan fingerprint density at radius 1 is 0.950 bits per heavy atom. The first-order chi connectivity index (χ1) is 9.62. The van der Waals surface area contributed by atoms with Gasteiger partial charge in [-0.05, 0) is 69.2 Å². The molecule has 20 heavy (non-hydrogen) atoms. The Morgan fingerprint density at radius 3 is 2.50 bits per heavy atom. The van der Waals surface area contributed by atoms with Gasteiger partial charge in [-0.2, -0.15) is 0 Å². The number of hydrogen-bond donors (Lipinski definition) is 1. The third-order valence-electron chi connectivity index (χ3n) is 5.87. The summed E-state index contributed by atoms with van der Waals surface area (Å²) in [6, 6.07) is 1.66. The van der Waals surface area contributed by atoms with Gasteiger partial charge in [-0.1, -0.05) is 20.3 Å². The minimum absolute atomic E-state index is 0.589. The molecular weight excluding hydrogens is 244 g/mol. The van der Waals surface area contributed by atoms with E-state index in [0.29, 0.717) is 5.41 Å². The predicted octanol–water partition coefficient (Wildman–Crippen LogP) is 3.81. The third-order valence-corrected chi connectivity index (χ3v) is 5.87. The maximum Gasteiger partial charge on any atom is 0.0195 e. The van der Waals surface area contributed by atoms with Crippen molar-refractivity contribution in [1.29, 1.82) is 0 Å². The Morgan fingerprint density at radius 2 is 1.80 bits per heavy atom. The fourth-order valence-electron chi connectivity index (χ4n) is 4.21. The Kier molecular flexibility index (Phi) is 4.72. The highest BCUT2D eigenvalue weighted by Crippen LogP contribution is 2.37. The molecule has 2 heteroatoms. The molecule has 0 aromatic heterocycles. The molecule has 116 valence electrons. The second-order valence-electron chi connectivity index (χ2n) is 8.44. The van der Waals surface area contributed by atoms with E-state index in [0.717, 1.165) is 18.0 Å². The second-order valence-corrected chi connectivity index (χ2v) is 8.44. The second kappa shape index (κ2) is 6.36. The highest BCUT2D eigenvalue weighted by molar-refractivity contribution is 4.88. The SMILES string of the molecule is CC1(C)CCCC(N(CC2CC2)CC2CCCN2)CC1. The monoisotopic (exact) mass is 278 g/mol. The Bertz CT molecular complexity index is 303. The zero-order valence-electron chi connectivity index (χ0n) is 13.7. The Hall–Kier alpha value is -0.0800. The quantitative estimate of drug-likeness (QED) is 0.769. The zero-order chi connectivity index (χ0) is 14.0. The molecule has 1 aliphatic heterocycles. The van der Waals surface area contributed by atoms with E-state index in [4.69, 9.17) is 0 Å². The fourth-order valence-corrected chi connectivity index (χ4v) is 4.21. The summed E-state index contributed by atoms with van der Waals surface area (Å²) in [5, 5.41) is 3.71. The van der Waals surface area contributed by atoms with Crippen molar-refractivity contribution in [2.75, 3.05) is 19.6 Å². The van der Waals surface area contributed by atoms with Gasteiger partial charge in [-0.15, -0.1) is 0 Å². The molecule has 3 aliphatic rings. The van der Waals surface area contributed by atoms with E-state index in [1.165, 1.54) is 77.4 Å². The van der Waals surface area contributed by atoms with Crippen LogP contribution in [-0.4, -0.2) is 36.6 Å². The molecule has 0 spiro atoms. The van der Waals surface area contributed by atoms with Crippen molar-refractivity contribution in [2.24, 2.45) is 11.3 Å². The first-order valence-electron chi connectivity index (χ1n) is 9.10. The van der Waals surface area contributed by atoms with Crippen LogP contribution in [0.4, 0.5) is 0 Å². The summed E-state index contributed by atoms with van der Waals surface area (Å²) >= 11 is 0. The average Bonchev–Trinajstić information content (AvgIpc) is 3.10. The van der Waals surface area contributed by atoms with Gasteiger partial charge < -0.3 is 5.32 Å². The van der Waals surface area contributed by atoms with Crippen molar-refractivity contribution in [1.82, 2.24) is 10.2 Å². The smallest absolute Gasteiger partial charge is 0.0195 e. The highest BCUT2D eigenvalue weighted by Gasteiger charge is 2.32. The first-order valence-corrected chi connectivity index (χ1v) is 9.10. The van der Waals surface area contributed by atoms with E-state index in [1.807, 2.05) is 0 Å². The maximum absolute atomic E-state index is 3.71. The average molecular weight is 278 g/mol. The van der Waals surface area contributed by atoms with Crippen LogP contribution in [0.5, 0.6) is 0 Å². The van der Waals surface area contributed by atoms with E-state index < -0.39 is 0 Å². The molecule has 0 aromatic rings. The largest absolute Gasteiger partial charge is 0.313 e. The van der Waals surface area contributed by atoms with Crippen LogP contribution in [0.15, 0.2) is 0 Å². The van der Waals surface area contributed by atoms with Crippen LogP contribution in [0.1, 0.15) is 71.6 Å². The van der Waals surface area contributed by atoms with Gasteiger partial charge in [0.1, 0.15) is 0 Å². The van der Waals surface area contributed by atoms with Crippen molar-refractivity contribution >= 4 is 0 Å². The summed E-state index contributed by atoms with van der Waals surface area (Å²) in [5.41, 5.74) is 0.589. The van der Waals surface area contributed by atoms with Crippen LogP contribution in [0.25, 0.3) is 0 Å². The fraction of sp³-hybridized carbons (Fsp3) is 1.00. The molecule has 1 saturated heterocycles. The minimum Gasteiger partial charge on any atom is -0.313 e. The molecule has 0 aromatic carbocycles. The van der Waals surface area contributed by atoms with Crippen LogP contribution < -0.4 is 5.32 Å². The molecular formula is C18H34N2. The molecule has 2 aliphatic carbocycles. The van der Waals surface area contributed by atoms with Gasteiger partial charge in [0.2, 0.25) is 0 Å². The summed E-state index contributed by atoms with van der Waals surface area (Å²) in [6.45, 7) is 8.91. The highest BCUT2D eigenvalue weighted by atomic mass is 15.2. The normalized spacial score (nSPS) is 34.4. The van der Waals surface area contributed by atoms with Crippen LogP contribution in [-0.2, 0) is 0 Å². The molecule has 1 heterocycles. The topological polar surface area (TPSA) is 15.3 Å². The van der Waals surface area contributed by atoms with E-state index >= 15 is 0 Å². The lowest BCUT2D eigenvalue weighted by Crippen LogP contribution is -2.44. The van der Waals surface area contributed by atoms with Crippen LogP contribution in [0.3, 0.4) is 0 Å². The number of rotatable bonds is 5. The molecule has 2 unspecified atom stereocenters. The molecule has 0 radical (unpaired) electrons. The van der Waals surface area contributed by atoms with Gasteiger partial charge in [0, 0.05) is 25.2 Å². The zero-order valence-corrected chi connectivity index (χ0v) is 13.7. The molecule has 2 nitrogen and oxygen atoms in total. The van der Waals surface area contributed by atoms with Gasteiger partial charge in [0.05, 0.1) is 0 Å². The number of nitrogens with zero attached hydrogens (tertiary/aromatic N) is 1. The summed E-state index contributed by atoms with van der Waals surface area (Å²) in [4.78, 5) is 2.89. The molecule has 1 N–H and O–H groups in total. The van der Waals surface area contributed by atoms with Gasteiger partial charge in [0.25, 0.3) is 0 Å². The Balaban J connectivity index is 1.58. The number of nitrogens with one attached hydrogen (secondary N) is 1. The lowest BCUT2D eigenvalue weighted by atomic mass is 9.85. The maximum atomic E-state index is 3.71. The molecule has 2 saturated carbocycles. The minimum atomic E-state index is 0.589. The van der Waals surface area contributed by atoms with E-state index in [2.05, 4.69) is 24.1 Å². The molecule has 3 fully saturated rings. The van der Waals surface area contributed by atoms with Gasteiger partial charge in [-0.3, -0.25) is 4.90 Å². The first kappa shape index (κ1) is 14.8. The Labute approximate surface area is 125 Å². The number of hydrogen-bond acceptors (Lipinski definition) is 2. The van der Waals surface area contributed by atoms with Crippen molar-refractivity contribution in [3.05, 3.63) is 0 Å². The lowest BCUT2D eigenvalue weighted by Gasteiger charge is -2.34. The van der Waals surface area contributed by atoms with Crippen LogP contribution in [0.2, 0.25) is 0 Å². The summed E-state index contributed by atoms with van der Waals surface area (Å²) in [6.07, 6.45) is 13.0. The standard InChI is InChI=1S/C18H34N2/c1-18(2)10-3-6-17(9-11-18)20(13-15-7-8-15)14-16-5-4-12-19-16/h15-17,19H,3-14H2,1-2H3. The predicted molar refractivity (Wildman–Crippen MR) is 86.0 cm³/mol.